The van der Waals surface area contributed by atoms with E-state index in [4.69, 9.17) is 9.47 Å². The number of nitrogens with zero attached hydrogens (tertiary/aromatic N) is 1. The Bertz CT molecular complexity index is 556. The minimum Gasteiger partial charge on any atom is -0.490 e. The largest absolute Gasteiger partial charge is 0.490 e. The third-order valence-electron chi connectivity index (χ3n) is 4.78. The van der Waals surface area contributed by atoms with Crippen molar-refractivity contribution in [2.45, 2.75) is 51.7 Å². The van der Waals surface area contributed by atoms with Gasteiger partial charge in [0.2, 0.25) is 0 Å². The van der Waals surface area contributed by atoms with E-state index in [0.717, 1.165) is 24.2 Å². The van der Waals surface area contributed by atoms with Crippen LogP contribution in [0.15, 0.2) is 24.3 Å². The number of hydrogen-bond acceptors (Lipinski definition) is 4. The van der Waals surface area contributed by atoms with Gasteiger partial charge in [-0.1, -0.05) is 32.0 Å². The van der Waals surface area contributed by atoms with Crippen LogP contribution in [0.1, 0.15) is 45.1 Å². The number of para-hydroxylation sites is 1. The summed E-state index contributed by atoms with van der Waals surface area (Å²) in [6, 6.07) is 8.41. The SMILES string of the molecule is CCOC(=O)N1CCC([NH2+]C[C@H](O)COc2ccccc2C(C)C)CC1. The number of aliphatic hydroxyl groups excluding tert-OH is 1. The summed E-state index contributed by atoms with van der Waals surface area (Å²) in [4.78, 5) is 13.5. The molecule has 0 saturated carbocycles. The molecule has 146 valence electrons. The summed E-state index contributed by atoms with van der Waals surface area (Å²) in [6.45, 7) is 8.83. The van der Waals surface area contributed by atoms with Gasteiger partial charge in [-0.2, -0.15) is 0 Å². The zero-order valence-corrected chi connectivity index (χ0v) is 16.2. The van der Waals surface area contributed by atoms with Gasteiger partial charge in [0.25, 0.3) is 0 Å². The summed E-state index contributed by atoms with van der Waals surface area (Å²) in [6.07, 6.45) is 1.10. The minimum atomic E-state index is -0.515. The molecule has 1 aliphatic heterocycles. The predicted octanol–water partition coefficient (Wildman–Crippen LogP) is 1.73. The van der Waals surface area contributed by atoms with Crippen LogP contribution in [-0.4, -0.2) is 61.1 Å². The summed E-state index contributed by atoms with van der Waals surface area (Å²) in [5.41, 5.74) is 1.16. The van der Waals surface area contributed by atoms with Crippen LogP contribution in [0.25, 0.3) is 0 Å². The Morgan fingerprint density at radius 2 is 2.00 bits per heavy atom. The summed E-state index contributed by atoms with van der Waals surface area (Å²) in [5.74, 6) is 1.24. The molecule has 1 amide bonds. The molecule has 0 bridgehead atoms. The van der Waals surface area contributed by atoms with Gasteiger partial charge in [-0.3, -0.25) is 0 Å². The lowest BCUT2D eigenvalue weighted by atomic mass is 10.0. The number of carbonyl (C=O) groups is 1. The molecule has 2 rings (SSSR count). The maximum atomic E-state index is 11.7. The molecular formula is C20H33N2O4+. The monoisotopic (exact) mass is 365 g/mol. The molecule has 26 heavy (non-hydrogen) atoms. The van der Waals surface area contributed by atoms with Crippen LogP contribution in [0.3, 0.4) is 0 Å². The summed E-state index contributed by atoms with van der Waals surface area (Å²) in [5, 5.41) is 12.4. The Hall–Kier alpha value is -1.79. The maximum absolute atomic E-state index is 11.7. The Morgan fingerprint density at radius 3 is 2.65 bits per heavy atom. The second kappa shape index (κ2) is 10.4. The number of ether oxygens (including phenoxy) is 2. The molecule has 1 aromatic rings. The molecule has 1 atom stereocenters. The number of nitrogens with two attached hydrogens (primary N) is 1. The predicted molar refractivity (Wildman–Crippen MR) is 100 cm³/mol. The van der Waals surface area contributed by atoms with Crippen LogP contribution in [0.2, 0.25) is 0 Å². The van der Waals surface area contributed by atoms with E-state index in [1.54, 1.807) is 4.90 Å². The van der Waals surface area contributed by atoms with Crippen molar-refractivity contribution in [2.24, 2.45) is 0 Å². The number of aliphatic hydroxyl groups is 1. The fraction of sp³-hybridized carbons (Fsp3) is 0.650. The quantitative estimate of drug-likeness (QED) is 0.736. The highest BCUT2D eigenvalue weighted by Crippen LogP contribution is 2.25. The Morgan fingerprint density at radius 1 is 1.31 bits per heavy atom. The molecule has 0 unspecified atom stereocenters. The van der Waals surface area contributed by atoms with Crippen molar-refractivity contribution in [3.8, 4) is 5.75 Å². The van der Waals surface area contributed by atoms with Gasteiger partial charge < -0.3 is 24.8 Å². The number of quaternary nitrogens is 1. The molecule has 6 heteroatoms. The molecule has 0 radical (unpaired) electrons. The molecule has 1 aromatic carbocycles. The summed E-state index contributed by atoms with van der Waals surface area (Å²) >= 11 is 0. The molecule has 1 heterocycles. The van der Waals surface area contributed by atoms with Crippen molar-refractivity contribution in [3.63, 3.8) is 0 Å². The highest BCUT2D eigenvalue weighted by atomic mass is 16.6. The first kappa shape index (κ1) is 20.5. The molecule has 1 aliphatic rings. The van der Waals surface area contributed by atoms with E-state index in [2.05, 4.69) is 25.2 Å². The fourth-order valence-corrected chi connectivity index (χ4v) is 3.22. The third-order valence-corrected chi connectivity index (χ3v) is 4.78. The standard InChI is InChI=1S/C20H32N2O4/c1-4-25-20(24)22-11-9-16(10-12-22)21-13-17(23)14-26-19-8-6-5-7-18(19)15(2)3/h5-8,15-17,21,23H,4,9-14H2,1-3H3/p+1/t17-/m0/s1. The number of piperidine rings is 1. The van der Waals surface area contributed by atoms with Crippen LogP contribution in [0.5, 0.6) is 5.75 Å². The van der Waals surface area contributed by atoms with Crippen molar-refractivity contribution in [2.75, 3.05) is 32.8 Å². The highest BCUT2D eigenvalue weighted by Gasteiger charge is 2.26. The number of carbonyl (C=O) groups excluding carboxylic acids is 1. The Balaban J connectivity index is 1.68. The van der Waals surface area contributed by atoms with E-state index >= 15 is 0 Å². The zero-order chi connectivity index (χ0) is 18.9. The molecule has 1 saturated heterocycles. The van der Waals surface area contributed by atoms with Gasteiger partial charge in [0.05, 0.1) is 12.6 Å². The van der Waals surface area contributed by atoms with Crippen LogP contribution in [-0.2, 0) is 4.74 Å². The molecular weight excluding hydrogens is 332 g/mol. The van der Waals surface area contributed by atoms with Crippen molar-refractivity contribution in [1.82, 2.24) is 4.90 Å². The van der Waals surface area contributed by atoms with Gasteiger partial charge in [0, 0.05) is 25.9 Å². The van der Waals surface area contributed by atoms with Gasteiger partial charge in [0.1, 0.15) is 25.0 Å². The number of likely N-dealkylation sites (tertiary alicyclic amines) is 1. The second-order valence-electron chi connectivity index (χ2n) is 7.15. The average Bonchev–Trinajstić information content (AvgIpc) is 2.65. The number of rotatable bonds is 8. The topological polar surface area (TPSA) is 75.6 Å². The summed E-state index contributed by atoms with van der Waals surface area (Å²) in [7, 11) is 0. The van der Waals surface area contributed by atoms with Crippen LogP contribution in [0, 0.1) is 0 Å². The Kier molecular flexibility index (Phi) is 8.19. The smallest absolute Gasteiger partial charge is 0.409 e. The third kappa shape index (κ3) is 6.18. The molecule has 0 aliphatic carbocycles. The van der Waals surface area contributed by atoms with Gasteiger partial charge in [-0.15, -0.1) is 0 Å². The normalized spacial score (nSPS) is 16.6. The highest BCUT2D eigenvalue weighted by molar-refractivity contribution is 5.67. The first-order valence-electron chi connectivity index (χ1n) is 9.66. The van der Waals surface area contributed by atoms with Gasteiger partial charge in [-0.25, -0.2) is 4.79 Å². The molecule has 6 nitrogen and oxygen atoms in total. The van der Waals surface area contributed by atoms with E-state index in [9.17, 15) is 9.90 Å². The van der Waals surface area contributed by atoms with E-state index < -0.39 is 6.10 Å². The molecule has 0 spiro atoms. The summed E-state index contributed by atoms with van der Waals surface area (Å²) < 4.78 is 10.9. The fourth-order valence-electron chi connectivity index (χ4n) is 3.22. The average molecular weight is 365 g/mol. The second-order valence-corrected chi connectivity index (χ2v) is 7.15. The first-order chi connectivity index (χ1) is 12.5. The van der Waals surface area contributed by atoms with Crippen molar-refractivity contribution >= 4 is 6.09 Å². The molecule has 3 N–H and O–H groups in total. The first-order valence-corrected chi connectivity index (χ1v) is 9.66. The van der Waals surface area contributed by atoms with Crippen LogP contribution >= 0.6 is 0 Å². The van der Waals surface area contributed by atoms with E-state index in [1.807, 2.05) is 25.1 Å². The number of amides is 1. The zero-order valence-electron chi connectivity index (χ0n) is 16.2. The van der Waals surface area contributed by atoms with Crippen molar-refractivity contribution in [1.29, 1.82) is 0 Å². The van der Waals surface area contributed by atoms with E-state index in [-0.39, 0.29) is 6.09 Å². The van der Waals surface area contributed by atoms with Crippen LogP contribution < -0.4 is 10.1 Å². The molecule has 1 fully saturated rings. The number of hydrogen-bond donors (Lipinski definition) is 2. The Labute approximate surface area is 156 Å². The lowest BCUT2D eigenvalue weighted by Gasteiger charge is -2.30. The van der Waals surface area contributed by atoms with Crippen molar-refractivity contribution < 1.29 is 24.7 Å². The lowest BCUT2D eigenvalue weighted by Crippen LogP contribution is -2.92. The van der Waals surface area contributed by atoms with Gasteiger partial charge in [-0.05, 0) is 24.5 Å². The van der Waals surface area contributed by atoms with Gasteiger partial charge >= 0.3 is 6.09 Å². The van der Waals surface area contributed by atoms with E-state index in [0.29, 0.717) is 44.8 Å². The van der Waals surface area contributed by atoms with Crippen molar-refractivity contribution in [3.05, 3.63) is 29.8 Å². The lowest BCUT2D eigenvalue weighted by molar-refractivity contribution is -0.697. The maximum Gasteiger partial charge on any atom is 0.409 e. The minimum absolute atomic E-state index is 0.219. The van der Waals surface area contributed by atoms with E-state index in [1.165, 1.54) is 0 Å². The molecule has 0 aromatic heterocycles. The van der Waals surface area contributed by atoms with Crippen LogP contribution in [0.4, 0.5) is 4.79 Å². The number of benzene rings is 1. The van der Waals surface area contributed by atoms with Gasteiger partial charge in [0.15, 0.2) is 0 Å².